The zero-order valence-electron chi connectivity index (χ0n) is 15.0. The number of hydrogen-bond acceptors (Lipinski definition) is 4. The summed E-state index contributed by atoms with van der Waals surface area (Å²) in [4.78, 5) is 12.4. The number of methoxy groups -OCH3 is 1. The molecule has 0 saturated carbocycles. The second-order valence-corrected chi connectivity index (χ2v) is 6.12. The van der Waals surface area contributed by atoms with Gasteiger partial charge in [-0.1, -0.05) is 18.2 Å². The summed E-state index contributed by atoms with van der Waals surface area (Å²) in [6, 6.07) is 9.47. The lowest BCUT2D eigenvalue weighted by Gasteiger charge is -2.11. The summed E-state index contributed by atoms with van der Waals surface area (Å²) in [7, 11) is 1.49. The van der Waals surface area contributed by atoms with E-state index in [2.05, 4.69) is 15.5 Å². The number of amides is 1. The molecule has 6 nitrogen and oxygen atoms in total. The van der Waals surface area contributed by atoms with E-state index in [1.165, 1.54) is 19.2 Å². The third-order valence-electron chi connectivity index (χ3n) is 4.02. The zero-order valence-corrected chi connectivity index (χ0v) is 15.0. The molecular formula is C20H20FN3O3. The Kier molecular flexibility index (Phi) is 5.52. The van der Waals surface area contributed by atoms with Gasteiger partial charge in [0.05, 0.1) is 35.4 Å². The maximum absolute atomic E-state index is 13.0. The first-order valence-electron chi connectivity index (χ1n) is 8.44. The van der Waals surface area contributed by atoms with Crippen LogP contribution in [0.2, 0.25) is 0 Å². The molecule has 3 rings (SSSR count). The summed E-state index contributed by atoms with van der Waals surface area (Å²) in [6.45, 7) is 1.73. The Morgan fingerprint density at radius 1 is 1.30 bits per heavy atom. The molecular weight excluding hydrogens is 349 g/mol. The molecule has 2 aromatic carbocycles. The number of aliphatic hydroxyl groups is 1. The first-order chi connectivity index (χ1) is 13.0. The lowest BCUT2D eigenvalue weighted by molar-refractivity contribution is 0.0921. The number of ether oxygens (including phenoxy) is 1. The first kappa shape index (κ1) is 18.6. The largest absolute Gasteiger partial charge is 0.495 e. The van der Waals surface area contributed by atoms with E-state index < -0.39 is 6.10 Å². The van der Waals surface area contributed by atoms with Crippen LogP contribution in [0.15, 0.2) is 36.4 Å². The third-order valence-corrected chi connectivity index (χ3v) is 4.02. The highest BCUT2D eigenvalue weighted by Gasteiger charge is 2.18. The van der Waals surface area contributed by atoms with Crippen LogP contribution in [-0.2, 0) is 0 Å². The summed E-state index contributed by atoms with van der Waals surface area (Å²) < 4.78 is 18.5. The van der Waals surface area contributed by atoms with Crippen molar-refractivity contribution >= 4 is 29.0 Å². The van der Waals surface area contributed by atoms with Crippen LogP contribution >= 0.6 is 0 Å². The number of halogens is 1. The Morgan fingerprint density at radius 3 is 2.70 bits per heavy atom. The van der Waals surface area contributed by atoms with Gasteiger partial charge in [0, 0.05) is 6.54 Å². The van der Waals surface area contributed by atoms with Crippen LogP contribution < -0.4 is 10.1 Å². The fourth-order valence-corrected chi connectivity index (χ4v) is 2.70. The van der Waals surface area contributed by atoms with Crippen molar-refractivity contribution in [1.82, 2.24) is 15.5 Å². The van der Waals surface area contributed by atoms with E-state index in [1.54, 1.807) is 43.3 Å². The number of aromatic amines is 1. The minimum atomic E-state index is -0.646. The van der Waals surface area contributed by atoms with Crippen LogP contribution in [0, 0.1) is 5.82 Å². The zero-order chi connectivity index (χ0) is 19.4. The molecule has 1 aromatic heterocycles. The fourth-order valence-electron chi connectivity index (χ4n) is 2.70. The molecule has 0 aliphatic rings. The number of aliphatic hydroxyl groups excluding tert-OH is 1. The first-order valence-corrected chi connectivity index (χ1v) is 8.44. The fraction of sp³-hybridized carbons (Fsp3) is 0.200. The normalized spacial score (nSPS) is 12.4. The van der Waals surface area contributed by atoms with Crippen LogP contribution in [0.5, 0.6) is 5.75 Å². The Bertz CT molecular complexity index is 978. The van der Waals surface area contributed by atoms with E-state index >= 15 is 0 Å². The van der Waals surface area contributed by atoms with E-state index in [0.717, 1.165) is 11.1 Å². The van der Waals surface area contributed by atoms with Crippen LogP contribution in [0.4, 0.5) is 4.39 Å². The molecule has 0 aliphatic carbocycles. The quantitative estimate of drug-likeness (QED) is 0.623. The molecule has 0 saturated heterocycles. The monoisotopic (exact) mass is 369 g/mol. The molecule has 27 heavy (non-hydrogen) atoms. The molecule has 1 atom stereocenters. The van der Waals surface area contributed by atoms with Gasteiger partial charge in [-0.25, -0.2) is 4.39 Å². The van der Waals surface area contributed by atoms with Gasteiger partial charge in [-0.05, 0) is 42.8 Å². The number of aromatic nitrogens is 2. The van der Waals surface area contributed by atoms with E-state index in [0.29, 0.717) is 22.4 Å². The predicted molar refractivity (Wildman–Crippen MR) is 102 cm³/mol. The van der Waals surface area contributed by atoms with Gasteiger partial charge in [-0.3, -0.25) is 9.89 Å². The Morgan fingerprint density at radius 2 is 2.04 bits per heavy atom. The molecule has 0 spiro atoms. The summed E-state index contributed by atoms with van der Waals surface area (Å²) in [5.74, 6) is -0.251. The maximum atomic E-state index is 13.0. The molecule has 1 amide bonds. The number of H-pyrrole nitrogens is 1. The summed E-state index contributed by atoms with van der Waals surface area (Å²) in [5, 5.41) is 19.9. The topological polar surface area (TPSA) is 87.2 Å². The van der Waals surface area contributed by atoms with Crippen molar-refractivity contribution < 1.29 is 19.0 Å². The van der Waals surface area contributed by atoms with Crippen molar-refractivity contribution in [2.75, 3.05) is 13.7 Å². The van der Waals surface area contributed by atoms with Gasteiger partial charge in [-0.15, -0.1) is 0 Å². The second kappa shape index (κ2) is 8.01. The number of carbonyl (C=O) groups excluding carboxylic acids is 1. The molecule has 0 bridgehead atoms. The lowest BCUT2D eigenvalue weighted by atomic mass is 10.1. The van der Waals surface area contributed by atoms with Crippen LogP contribution in [0.25, 0.3) is 23.1 Å². The molecule has 0 aliphatic heterocycles. The minimum Gasteiger partial charge on any atom is -0.495 e. The molecule has 7 heteroatoms. The number of fused-ring (bicyclic) bond motifs is 1. The highest BCUT2D eigenvalue weighted by Crippen LogP contribution is 2.32. The molecule has 3 aromatic rings. The van der Waals surface area contributed by atoms with Crippen molar-refractivity contribution in [3.63, 3.8) is 0 Å². The summed E-state index contributed by atoms with van der Waals surface area (Å²) >= 11 is 0. The highest BCUT2D eigenvalue weighted by atomic mass is 19.1. The lowest BCUT2D eigenvalue weighted by Crippen LogP contribution is -2.30. The summed E-state index contributed by atoms with van der Waals surface area (Å²) in [5.41, 5.74) is 2.48. The second-order valence-electron chi connectivity index (χ2n) is 6.12. The summed E-state index contributed by atoms with van der Waals surface area (Å²) in [6.07, 6.45) is 2.92. The van der Waals surface area contributed by atoms with Crippen LogP contribution in [0.1, 0.15) is 28.5 Å². The van der Waals surface area contributed by atoms with Gasteiger partial charge < -0.3 is 15.2 Å². The smallest absolute Gasteiger partial charge is 0.255 e. The molecule has 1 heterocycles. The van der Waals surface area contributed by atoms with E-state index in [-0.39, 0.29) is 18.3 Å². The molecule has 0 radical (unpaired) electrons. The molecule has 3 N–H and O–H groups in total. The molecule has 0 unspecified atom stereocenters. The number of hydrogen-bond donors (Lipinski definition) is 3. The van der Waals surface area contributed by atoms with Gasteiger partial charge >= 0.3 is 0 Å². The Hall–Kier alpha value is -3.19. The van der Waals surface area contributed by atoms with Crippen molar-refractivity contribution in [3.05, 3.63) is 59.0 Å². The number of carbonyl (C=O) groups is 1. The number of rotatable bonds is 6. The number of nitrogens with zero attached hydrogens (tertiary/aromatic N) is 1. The van der Waals surface area contributed by atoms with Crippen LogP contribution in [-0.4, -0.2) is 41.0 Å². The minimum absolute atomic E-state index is 0.142. The third kappa shape index (κ3) is 4.15. The van der Waals surface area contributed by atoms with Crippen molar-refractivity contribution in [3.8, 4) is 5.75 Å². The standard InChI is InChI=1S/C20H20FN3O3/c1-12(25)11-22-20(26)15-8-10-17-18(19(15)27-2)16(23-24-17)9-5-13-3-6-14(21)7-4-13/h3-10,12,25H,11H2,1-2H3,(H,22,26)(H,23,24)/b9-5+/t12-/m1/s1. The molecule has 0 fully saturated rings. The predicted octanol–water partition coefficient (Wildman–Crippen LogP) is 2.99. The maximum Gasteiger partial charge on any atom is 0.255 e. The van der Waals surface area contributed by atoms with Gasteiger partial charge in [0.2, 0.25) is 0 Å². The van der Waals surface area contributed by atoms with Gasteiger partial charge in [-0.2, -0.15) is 5.10 Å². The Balaban J connectivity index is 1.98. The Labute approximate surface area is 155 Å². The number of benzene rings is 2. The average Bonchev–Trinajstić information content (AvgIpc) is 3.08. The van der Waals surface area contributed by atoms with Gasteiger partial charge in [0.15, 0.2) is 0 Å². The highest BCUT2D eigenvalue weighted by molar-refractivity contribution is 6.05. The van der Waals surface area contributed by atoms with E-state index in [4.69, 9.17) is 4.74 Å². The SMILES string of the molecule is COc1c(C(=O)NC[C@@H](C)O)ccc2[nH]nc(/C=C/c3ccc(F)cc3)c12. The van der Waals surface area contributed by atoms with E-state index in [9.17, 15) is 14.3 Å². The molecule has 140 valence electrons. The van der Waals surface area contributed by atoms with Gasteiger partial charge in [0.25, 0.3) is 5.91 Å². The van der Waals surface area contributed by atoms with Crippen molar-refractivity contribution in [2.45, 2.75) is 13.0 Å². The van der Waals surface area contributed by atoms with E-state index in [1.807, 2.05) is 0 Å². The van der Waals surface area contributed by atoms with Gasteiger partial charge in [0.1, 0.15) is 11.6 Å². The van der Waals surface area contributed by atoms with Crippen molar-refractivity contribution in [1.29, 1.82) is 0 Å². The van der Waals surface area contributed by atoms with Crippen molar-refractivity contribution in [2.24, 2.45) is 0 Å². The average molecular weight is 369 g/mol. The van der Waals surface area contributed by atoms with Crippen LogP contribution in [0.3, 0.4) is 0 Å². The number of nitrogens with one attached hydrogen (secondary N) is 2.